The molecule has 0 spiro atoms. The lowest BCUT2D eigenvalue weighted by Crippen LogP contribution is -2.48. The van der Waals surface area contributed by atoms with Gasteiger partial charge in [0.1, 0.15) is 0 Å². The van der Waals surface area contributed by atoms with Gasteiger partial charge in [-0.15, -0.1) is 0 Å². The number of ether oxygens (including phenoxy) is 2. The van der Waals surface area contributed by atoms with Crippen LogP contribution in [0.3, 0.4) is 0 Å². The molecule has 0 saturated carbocycles. The van der Waals surface area contributed by atoms with E-state index < -0.39 is 41.4 Å². The summed E-state index contributed by atoms with van der Waals surface area (Å²) in [6.07, 6.45) is -4.31. The first-order chi connectivity index (χ1) is 15.1. The highest BCUT2D eigenvalue weighted by Gasteiger charge is 2.60. The summed E-state index contributed by atoms with van der Waals surface area (Å²) in [5.74, 6) is -0.172. The first-order valence-electron chi connectivity index (χ1n) is 9.91. The summed E-state index contributed by atoms with van der Waals surface area (Å²) < 4.78 is 50.7. The Hall–Kier alpha value is -3.16. The lowest BCUT2D eigenvalue weighted by molar-refractivity contribution is -0.137. The molecule has 1 aromatic heterocycles. The van der Waals surface area contributed by atoms with E-state index in [9.17, 15) is 23.1 Å². The molecule has 2 aliphatic heterocycles. The van der Waals surface area contributed by atoms with E-state index in [1.54, 1.807) is 18.2 Å². The molecular weight excluding hydrogens is 427 g/mol. The maximum absolute atomic E-state index is 13.5. The van der Waals surface area contributed by atoms with E-state index in [1.807, 2.05) is 0 Å². The summed E-state index contributed by atoms with van der Waals surface area (Å²) >= 11 is 0. The average Bonchev–Trinajstić information content (AvgIpc) is 3.30. The number of aliphatic hydroxyl groups excluding tert-OH is 1. The Morgan fingerprint density at radius 2 is 2.19 bits per heavy atom. The highest BCUT2D eigenvalue weighted by molar-refractivity contribution is 5.96. The van der Waals surface area contributed by atoms with E-state index in [1.165, 1.54) is 19.4 Å². The number of rotatable bonds is 5. The fourth-order valence-corrected chi connectivity index (χ4v) is 4.48. The fourth-order valence-electron chi connectivity index (χ4n) is 4.48. The van der Waals surface area contributed by atoms with Crippen LogP contribution < -0.4 is 10.1 Å². The van der Waals surface area contributed by atoms with Gasteiger partial charge in [0.25, 0.3) is 0 Å². The summed E-state index contributed by atoms with van der Waals surface area (Å²) in [7, 11) is 1.46. The topological polar surface area (TPSA) is 104 Å². The molecule has 10 heteroatoms. The number of nitrogens with one attached hydrogen (secondary N) is 1. The van der Waals surface area contributed by atoms with Crippen molar-refractivity contribution in [2.45, 2.75) is 43.8 Å². The largest absolute Gasteiger partial charge is 0.481 e. The number of hydrogen-bond acceptors (Lipinski definition) is 6. The average molecular weight is 447 g/mol. The number of benzene rings is 1. The number of hydrogen-bond donors (Lipinski definition) is 2. The number of fused-ring (bicyclic) bond motifs is 2. The predicted octanol–water partition coefficient (Wildman–Crippen LogP) is 3.07. The van der Waals surface area contributed by atoms with Gasteiger partial charge in [-0.05, 0) is 42.7 Å². The van der Waals surface area contributed by atoms with Gasteiger partial charge in [0.15, 0.2) is 0 Å². The number of anilines is 1. The molecule has 2 saturated heterocycles. The van der Waals surface area contributed by atoms with Gasteiger partial charge < -0.3 is 19.9 Å². The first-order valence-corrected chi connectivity index (χ1v) is 9.91. The molecule has 0 aliphatic carbocycles. The standard InChI is InChI=1S/C22H20F3N3O4/c1-31-19-6-12(2-3-27-19)9-21(10-17-16(29)8-18(21)32-17)20(30)28-15-5-13(11-26)4-14(7-15)22(23,24)25/h2-7,16-18,29H,8-10H2,1H3,(H,28,30)/t16-,17+,18+,21-/m0/s1. The van der Waals surface area contributed by atoms with Gasteiger partial charge in [0.05, 0.1) is 48.0 Å². The van der Waals surface area contributed by atoms with E-state index >= 15 is 0 Å². The smallest absolute Gasteiger partial charge is 0.416 e. The molecule has 7 nitrogen and oxygen atoms in total. The highest BCUT2D eigenvalue weighted by Crippen LogP contribution is 2.50. The minimum absolute atomic E-state index is 0.128. The zero-order valence-corrected chi connectivity index (χ0v) is 17.0. The van der Waals surface area contributed by atoms with Crippen LogP contribution in [-0.4, -0.2) is 41.4 Å². The number of nitrogens with zero attached hydrogens (tertiary/aromatic N) is 2. The van der Waals surface area contributed by atoms with Gasteiger partial charge >= 0.3 is 6.18 Å². The van der Waals surface area contributed by atoms with Gasteiger partial charge in [-0.1, -0.05) is 0 Å². The van der Waals surface area contributed by atoms with Crippen LogP contribution in [-0.2, 0) is 22.1 Å². The third-order valence-corrected chi connectivity index (χ3v) is 6.03. The molecule has 0 radical (unpaired) electrons. The lowest BCUT2D eigenvalue weighted by atomic mass is 9.68. The van der Waals surface area contributed by atoms with Crippen LogP contribution in [0.1, 0.15) is 29.5 Å². The molecule has 2 aliphatic rings. The Kier molecular flexibility index (Phi) is 5.56. The zero-order valence-electron chi connectivity index (χ0n) is 17.0. The summed E-state index contributed by atoms with van der Waals surface area (Å²) in [5, 5.41) is 21.8. The number of pyridine rings is 1. The quantitative estimate of drug-likeness (QED) is 0.730. The van der Waals surface area contributed by atoms with Crippen molar-refractivity contribution >= 4 is 11.6 Å². The summed E-state index contributed by atoms with van der Waals surface area (Å²) in [6, 6.07) is 7.80. The normalized spacial score (nSPS) is 26.6. The van der Waals surface area contributed by atoms with Gasteiger partial charge in [-0.25, -0.2) is 4.98 Å². The van der Waals surface area contributed by atoms with Crippen LogP contribution in [0, 0.1) is 16.7 Å². The van der Waals surface area contributed by atoms with Crippen molar-refractivity contribution in [3.63, 3.8) is 0 Å². The Labute approximate surface area is 181 Å². The van der Waals surface area contributed by atoms with Crippen molar-refractivity contribution in [1.29, 1.82) is 5.26 Å². The predicted molar refractivity (Wildman–Crippen MR) is 106 cm³/mol. The van der Waals surface area contributed by atoms with Crippen LogP contribution in [0.5, 0.6) is 5.88 Å². The second-order valence-corrected chi connectivity index (χ2v) is 8.07. The van der Waals surface area contributed by atoms with Gasteiger partial charge in [0, 0.05) is 24.4 Å². The third-order valence-electron chi connectivity index (χ3n) is 6.03. The SMILES string of the molecule is COc1cc(C[C@]2(C(=O)Nc3cc(C#N)cc(C(F)(F)F)c3)C[C@H]3O[C@@H]2C[C@@H]3O)ccn1. The van der Waals surface area contributed by atoms with Crippen LogP contribution in [0.4, 0.5) is 18.9 Å². The van der Waals surface area contributed by atoms with E-state index in [0.717, 1.165) is 17.7 Å². The number of amides is 1. The van der Waals surface area contributed by atoms with Gasteiger partial charge in [-0.3, -0.25) is 4.79 Å². The minimum atomic E-state index is -4.67. The lowest BCUT2D eigenvalue weighted by Gasteiger charge is -2.35. The molecule has 4 atom stereocenters. The Bertz CT molecular complexity index is 1080. The monoisotopic (exact) mass is 447 g/mol. The minimum Gasteiger partial charge on any atom is -0.481 e. The van der Waals surface area contributed by atoms with E-state index in [0.29, 0.717) is 5.88 Å². The van der Waals surface area contributed by atoms with Crippen LogP contribution >= 0.6 is 0 Å². The number of aromatic nitrogens is 1. The number of nitriles is 1. The zero-order chi connectivity index (χ0) is 23.1. The summed E-state index contributed by atoms with van der Waals surface area (Å²) in [6.45, 7) is 0. The van der Waals surface area contributed by atoms with E-state index in [4.69, 9.17) is 14.7 Å². The Morgan fingerprint density at radius 3 is 2.78 bits per heavy atom. The Morgan fingerprint density at radius 1 is 1.41 bits per heavy atom. The number of carbonyl (C=O) groups is 1. The molecule has 1 aromatic carbocycles. The number of aliphatic hydroxyl groups is 1. The maximum atomic E-state index is 13.5. The molecule has 2 N–H and O–H groups in total. The van der Waals surface area contributed by atoms with Crippen LogP contribution in [0.25, 0.3) is 0 Å². The van der Waals surface area contributed by atoms with Crippen molar-refractivity contribution in [2.24, 2.45) is 5.41 Å². The molecule has 3 heterocycles. The maximum Gasteiger partial charge on any atom is 0.416 e. The fraction of sp³-hybridized carbons (Fsp3) is 0.409. The number of halogens is 3. The molecule has 168 valence electrons. The van der Waals surface area contributed by atoms with Gasteiger partial charge in [0.2, 0.25) is 11.8 Å². The van der Waals surface area contributed by atoms with Gasteiger partial charge in [-0.2, -0.15) is 18.4 Å². The van der Waals surface area contributed by atoms with Crippen molar-refractivity contribution in [1.82, 2.24) is 4.98 Å². The van der Waals surface area contributed by atoms with E-state index in [-0.39, 0.29) is 30.5 Å². The highest BCUT2D eigenvalue weighted by atomic mass is 19.4. The molecule has 4 rings (SSSR count). The van der Waals surface area contributed by atoms with E-state index in [2.05, 4.69) is 10.3 Å². The molecule has 0 unspecified atom stereocenters. The third kappa shape index (κ3) is 4.01. The van der Waals surface area contributed by atoms with Crippen LogP contribution in [0.15, 0.2) is 36.5 Å². The molecule has 2 fully saturated rings. The van der Waals surface area contributed by atoms with Crippen LogP contribution in [0.2, 0.25) is 0 Å². The first kappa shape index (κ1) is 22.0. The van der Waals surface area contributed by atoms with Crippen molar-refractivity contribution < 1.29 is 32.5 Å². The Balaban J connectivity index is 1.67. The second-order valence-electron chi connectivity index (χ2n) is 8.07. The summed E-state index contributed by atoms with van der Waals surface area (Å²) in [5.41, 5.74) is -1.75. The number of carbonyl (C=O) groups excluding carboxylic acids is 1. The molecule has 2 bridgehead atoms. The van der Waals surface area contributed by atoms with Crippen molar-refractivity contribution in [3.8, 4) is 11.9 Å². The number of methoxy groups -OCH3 is 1. The molecule has 2 aromatic rings. The molecule has 32 heavy (non-hydrogen) atoms. The second kappa shape index (κ2) is 8.07. The van der Waals surface area contributed by atoms with Crippen molar-refractivity contribution in [2.75, 3.05) is 12.4 Å². The molecule has 1 amide bonds. The summed E-state index contributed by atoms with van der Waals surface area (Å²) in [4.78, 5) is 17.5. The number of alkyl halides is 3. The van der Waals surface area contributed by atoms with Crippen molar-refractivity contribution in [3.05, 3.63) is 53.2 Å². The molecular formula is C22H20F3N3O4.